The van der Waals surface area contributed by atoms with E-state index in [4.69, 9.17) is 4.98 Å². The first-order valence-electron chi connectivity index (χ1n) is 11.2. The molecule has 0 atom stereocenters. The van der Waals surface area contributed by atoms with E-state index in [0.717, 1.165) is 63.5 Å². The van der Waals surface area contributed by atoms with E-state index in [1.807, 2.05) is 43.8 Å². The molecular formula is C24H25N9. The van der Waals surface area contributed by atoms with Gasteiger partial charge in [-0.05, 0) is 37.5 Å². The number of pyridine rings is 3. The number of imidazole rings is 1. The van der Waals surface area contributed by atoms with Gasteiger partial charge in [0.05, 0.1) is 23.0 Å². The van der Waals surface area contributed by atoms with Crippen molar-refractivity contribution in [3.63, 3.8) is 0 Å². The minimum absolute atomic E-state index is 0.687. The Morgan fingerprint density at radius 2 is 1.79 bits per heavy atom. The number of hydrogen-bond acceptors (Lipinski definition) is 7. The van der Waals surface area contributed by atoms with Gasteiger partial charge < -0.3 is 14.8 Å². The van der Waals surface area contributed by atoms with Crippen LogP contribution >= 0.6 is 0 Å². The van der Waals surface area contributed by atoms with Crippen molar-refractivity contribution in [2.24, 2.45) is 0 Å². The van der Waals surface area contributed by atoms with Crippen LogP contribution in [0.4, 0.5) is 11.4 Å². The largest absolute Gasteiger partial charge is 0.376 e. The quantitative estimate of drug-likeness (QED) is 0.436. The third-order valence-electron chi connectivity index (χ3n) is 6.27. The monoisotopic (exact) mass is 439 g/mol. The van der Waals surface area contributed by atoms with Gasteiger partial charge in [0.2, 0.25) is 0 Å². The maximum atomic E-state index is 4.93. The highest BCUT2D eigenvalue weighted by Crippen LogP contribution is 2.32. The van der Waals surface area contributed by atoms with Crippen molar-refractivity contribution in [1.82, 2.24) is 35.1 Å². The number of nitrogens with zero attached hydrogens (tertiary/aromatic N) is 7. The molecule has 9 heteroatoms. The lowest BCUT2D eigenvalue weighted by Gasteiger charge is -2.28. The molecule has 0 unspecified atom stereocenters. The van der Waals surface area contributed by atoms with Crippen LogP contribution in [0, 0.1) is 0 Å². The van der Waals surface area contributed by atoms with Gasteiger partial charge in [-0.1, -0.05) is 0 Å². The van der Waals surface area contributed by atoms with Gasteiger partial charge in [-0.3, -0.25) is 10.1 Å². The fourth-order valence-corrected chi connectivity index (χ4v) is 4.47. The molecule has 0 spiro atoms. The average molecular weight is 440 g/mol. The van der Waals surface area contributed by atoms with Crippen molar-refractivity contribution in [3.8, 4) is 22.6 Å². The number of aromatic amines is 2. The summed E-state index contributed by atoms with van der Waals surface area (Å²) in [6.07, 6.45) is 11.1. The summed E-state index contributed by atoms with van der Waals surface area (Å²) in [6.45, 7) is 2.11. The van der Waals surface area contributed by atoms with E-state index in [9.17, 15) is 0 Å². The number of nitrogens with one attached hydrogen (secondary N) is 2. The van der Waals surface area contributed by atoms with Gasteiger partial charge in [-0.15, -0.1) is 0 Å². The van der Waals surface area contributed by atoms with Crippen molar-refractivity contribution < 1.29 is 0 Å². The molecule has 1 fully saturated rings. The summed E-state index contributed by atoms with van der Waals surface area (Å²) in [5.41, 5.74) is 7.26. The SMILES string of the molecule is CN(C)c1cncc(-c2cnc3[nH]nc(-c4nc5c(N6CCCCC6)ccnc5[nH]4)c3c2)c1. The van der Waals surface area contributed by atoms with E-state index in [2.05, 4.69) is 53.2 Å². The van der Waals surface area contributed by atoms with Crippen molar-refractivity contribution in [2.75, 3.05) is 37.0 Å². The molecule has 0 saturated carbocycles. The molecule has 6 rings (SSSR count). The molecular weight excluding hydrogens is 414 g/mol. The number of hydrogen-bond donors (Lipinski definition) is 2. The van der Waals surface area contributed by atoms with E-state index in [1.54, 1.807) is 0 Å². The highest BCUT2D eigenvalue weighted by atomic mass is 15.2. The van der Waals surface area contributed by atoms with Crippen LogP contribution in [0.25, 0.3) is 44.8 Å². The van der Waals surface area contributed by atoms with Gasteiger partial charge in [0.1, 0.15) is 11.2 Å². The summed E-state index contributed by atoms with van der Waals surface area (Å²) in [7, 11) is 4.01. The van der Waals surface area contributed by atoms with Crippen LogP contribution < -0.4 is 9.80 Å². The number of anilines is 2. The van der Waals surface area contributed by atoms with Gasteiger partial charge in [0.25, 0.3) is 0 Å². The molecule has 6 heterocycles. The third kappa shape index (κ3) is 3.45. The third-order valence-corrected chi connectivity index (χ3v) is 6.27. The zero-order valence-electron chi connectivity index (χ0n) is 18.7. The topological polar surface area (TPSA) is 103 Å². The first-order valence-corrected chi connectivity index (χ1v) is 11.2. The maximum Gasteiger partial charge on any atom is 0.161 e. The molecule has 2 N–H and O–H groups in total. The fraction of sp³-hybridized carbons (Fsp3) is 0.292. The van der Waals surface area contributed by atoms with Crippen LogP contribution in [-0.2, 0) is 0 Å². The summed E-state index contributed by atoms with van der Waals surface area (Å²) in [5.74, 6) is 0.687. The lowest BCUT2D eigenvalue weighted by molar-refractivity contribution is 0.578. The summed E-state index contributed by atoms with van der Waals surface area (Å²) >= 11 is 0. The average Bonchev–Trinajstić information content (AvgIpc) is 3.48. The highest BCUT2D eigenvalue weighted by Gasteiger charge is 2.19. The normalized spacial score (nSPS) is 14.3. The van der Waals surface area contributed by atoms with E-state index < -0.39 is 0 Å². The molecule has 1 saturated heterocycles. The molecule has 9 nitrogen and oxygen atoms in total. The van der Waals surface area contributed by atoms with Crippen molar-refractivity contribution in [1.29, 1.82) is 0 Å². The summed E-state index contributed by atoms with van der Waals surface area (Å²) in [4.78, 5) is 26.3. The molecule has 166 valence electrons. The van der Waals surface area contributed by atoms with Crippen LogP contribution in [-0.4, -0.2) is 62.3 Å². The minimum atomic E-state index is 0.687. The number of aromatic nitrogens is 7. The second kappa shape index (κ2) is 7.84. The number of H-pyrrole nitrogens is 2. The molecule has 0 bridgehead atoms. The van der Waals surface area contributed by atoms with Crippen LogP contribution in [0.1, 0.15) is 19.3 Å². The lowest BCUT2D eigenvalue weighted by Crippen LogP contribution is -2.29. The van der Waals surface area contributed by atoms with Gasteiger partial charge in [0.15, 0.2) is 17.1 Å². The van der Waals surface area contributed by atoms with Gasteiger partial charge in [-0.25, -0.2) is 15.0 Å². The lowest BCUT2D eigenvalue weighted by atomic mass is 10.1. The Labute approximate surface area is 190 Å². The second-order valence-corrected chi connectivity index (χ2v) is 8.68. The first-order chi connectivity index (χ1) is 16.2. The zero-order chi connectivity index (χ0) is 22.4. The Hall–Kier alpha value is -4.01. The predicted octanol–water partition coefficient (Wildman–Crippen LogP) is 4.01. The summed E-state index contributed by atoms with van der Waals surface area (Å²) in [5, 5.41) is 8.48. The van der Waals surface area contributed by atoms with E-state index >= 15 is 0 Å². The van der Waals surface area contributed by atoms with Crippen LogP contribution in [0.3, 0.4) is 0 Å². The van der Waals surface area contributed by atoms with E-state index in [1.165, 1.54) is 19.3 Å². The molecule has 0 aliphatic carbocycles. The molecule has 1 aliphatic rings. The van der Waals surface area contributed by atoms with Crippen LogP contribution in [0.15, 0.2) is 43.0 Å². The first kappa shape index (κ1) is 19.7. The van der Waals surface area contributed by atoms with Crippen molar-refractivity contribution in [2.45, 2.75) is 19.3 Å². The summed E-state index contributed by atoms with van der Waals surface area (Å²) < 4.78 is 0. The van der Waals surface area contributed by atoms with E-state index in [0.29, 0.717) is 5.82 Å². The van der Waals surface area contributed by atoms with Gasteiger partial charge >= 0.3 is 0 Å². The van der Waals surface area contributed by atoms with Gasteiger partial charge in [-0.2, -0.15) is 5.10 Å². The number of rotatable bonds is 4. The molecule has 33 heavy (non-hydrogen) atoms. The Kier molecular flexibility index (Phi) is 4.67. The molecule has 0 amide bonds. The number of piperidine rings is 1. The predicted molar refractivity (Wildman–Crippen MR) is 130 cm³/mol. The molecule has 0 radical (unpaired) electrons. The highest BCUT2D eigenvalue weighted by molar-refractivity contribution is 5.95. The maximum absolute atomic E-state index is 4.93. The Morgan fingerprint density at radius 1 is 0.939 bits per heavy atom. The Balaban J connectivity index is 1.44. The molecule has 1 aliphatic heterocycles. The smallest absolute Gasteiger partial charge is 0.161 e. The molecule has 0 aromatic carbocycles. The minimum Gasteiger partial charge on any atom is -0.376 e. The molecule has 5 aromatic heterocycles. The zero-order valence-corrected chi connectivity index (χ0v) is 18.7. The van der Waals surface area contributed by atoms with Crippen LogP contribution in [0.5, 0.6) is 0 Å². The van der Waals surface area contributed by atoms with Crippen molar-refractivity contribution >= 4 is 33.6 Å². The standard InChI is InChI=1S/C24H25N9/c1-32(2)17-10-15(12-25-14-17)16-11-18-20(30-31-22(18)27-13-16)24-28-21-19(6-7-26-23(21)29-24)33-8-4-3-5-9-33/h6-7,10-14H,3-5,8-9H2,1-2H3,(H,26,28,29)(H,27,30,31). The molecule has 5 aromatic rings. The van der Waals surface area contributed by atoms with Gasteiger partial charge in [0, 0.05) is 56.9 Å². The van der Waals surface area contributed by atoms with Crippen LogP contribution in [0.2, 0.25) is 0 Å². The van der Waals surface area contributed by atoms with E-state index in [-0.39, 0.29) is 0 Å². The number of fused-ring (bicyclic) bond motifs is 2. The Morgan fingerprint density at radius 3 is 2.64 bits per heavy atom. The van der Waals surface area contributed by atoms with Crippen molar-refractivity contribution in [3.05, 3.63) is 43.0 Å². The summed E-state index contributed by atoms with van der Waals surface area (Å²) in [6, 6.07) is 6.25. The Bertz CT molecular complexity index is 1440. The fourth-order valence-electron chi connectivity index (χ4n) is 4.47. The second-order valence-electron chi connectivity index (χ2n) is 8.68.